The molecule has 1 rings (SSSR count). The van der Waals surface area contributed by atoms with E-state index in [0.29, 0.717) is 5.75 Å². The number of carboxylic acids is 1. The first kappa shape index (κ1) is 11.9. The Morgan fingerprint density at radius 2 is 2.21 bits per heavy atom. The quantitative estimate of drug-likeness (QED) is 0.742. The van der Waals surface area contributed by atoms with Crippen LogP contribution >= 0.6 is 11.8 Å². The van der Waals surface area contributed by atoms with E-state index in [-0.39, 0.29) is 16.3 Å². The molecule has 0 radical (unpaired) electrons. The topological polar surface area (TPSA) is 49.3 Å². The molecular formula is C10H19NO2S. The SMILES string of the molecule is CC(C)(C)CC1(C)N[C@@H](C(=O)O)CS1. The van der Waals surface area contributed by atoms with Gasteiger partial charge in [-0.25, -0.2) is 0 Å². The minimum absolute atomic E-state index is 0.0820. The van der Waals surface area contributed by atoms with Crippen molar-refractivity contribution in [3.05, 3.63) is 0 Å². The van der Waals surface area contributed by atoms with Crippen molar-refractivity contribution in [2.45, 2.75) is 45.0 Å². The molecule has 14 heavy (non-hydrogen) atoms. The molecule has 0 aliphatic carbocycles. The Hall–Kier alpha value is -0.220. The first-order valence-corrected chi connectivity index (χ1v) is 5.85. The van der Waals surface area contributed by atoms with E-state index in [1.54, 1.807) is 11.8 Å². The molecular weight excluding hydrogens is 198 g/mol. The molecule has 1 fully saturated rings. The lowest BCUT2D eigenvalue weighted by molar-refractivity contribution is -0.138. The summed E-state index contributed by atoms with van der Waals surface area (Å²) in [5.41, 5.74) is 0.224. The van der Waals surface area contributed by atoms with Crippen LogP contribution in [-0.4, -0.2) is 27.7 Å². The van der Waals surface area contributed by atoms with Crippen LogP contribution in [0.25, 0.3) is 0 Å². The molecule has 82 valence electrons. The maximum atomic E-state index is 10.8. The zero-order valence-electron chi connectivity index (χ0n) is 9.26. The summed E-state index contributed by atoms with van der Waals surface area (Å²) in [7, 11) is 0. The van der Waals surface area contributed by atoms with Gasteiger partial charge in [0.05, 0.1) is 4.87 Å². The van der Waals surface area contributed by atoms with Crippen LogP contribution in [0, 0.1) is 5.41 Å². The highest BCUT2D eigenvalue weighted by atomic mass is 32.2. The number of carbonyl (C=O) groups is 1. The molecule has 0 bridgehead atoms. The maximum Gasteiger partial charge on any atom is 0.321 e. The minimum atomic E-state index is -0.741. The van der Waals surface area contributed by atoms with Gasteiger partial charge in [0, 0.05) is 5.75 Å². The smallest absolute Gasteiger partial charge is 0.321 e. The summed E-state index contributed by atoms with van der Waals surface area (Å²) in [5.74, 6) is -0.0721. The summed E-state index contributed by atoms with van der Waals surface area (Å²) in [6.45, 7) is 8.61. The predicted octanol–water partition coefficient (Wildman–Crippen LogP) is 1.93. The standard InChI is InChI=1S/C10H19NO2S/c1-9(2,3)6-10(4)11-7(5-14-10)8(12)13/h7,11H,5-6H2,1-4H3,(H,12,13)/t7-,10?/m1/s1. The van der Waals surface area contributed by atoms with Gasteiger partial charge in [0.1, 0.15) is 6.04 Å². The molecule has 0 aromatic heterocycles. The highest BCUT2D eigenvalue weighted by Crippen LogP contribution is 2.39. The second-order valence-electron chi connectivity index (χ2n) is 5.31. The monoisotopic (exact) mass is 217 g/mol. The molecule has 3 nitrogen and oxygen atoms in total. The van der Waals surface area contributed by atoms with Crippen molar-refractivity contribution in [1.82, 2.24) is 5.32 Å². The van der Waals surface area contributed by atoms with Crippen LogP contribution in [0.15, 0.2) is 0 Å². The van der Waals surface area contributed by atoms with Gasteiger partial charge in [0.15, 0.2) is 0 Å². The van der Waals surface area contributed by atoms with Gasteiger partial charge >= 0.3 is 5.97 Å². The molecule has 0 aromatic carbocycles. The van der Waals surface area contributed by atoms with Crippen molar-refractivity contribution in [3.63, 3.8) is 0 Å². The molecule has 1 aliphatic heterocycles. The molecule has 1 unspecified atom stereocenters. The van der Waals surface area contributed by atoms with Crippen molar-refractivity contribution in [2.24, 2.45) is 5.41 Å². The highest BCUT2D eigenvalue weighted by molar-refractivity contribution is 8.00. The third-order valence-corrected chi connectivity index (χ3v) is 3.61. The second-order valence-corrected chi connectivity index (χ2v) is 6.84. The molecule has 0 spiro atoms. The van der Waals surface area contributed by atoms with Gasteiger partial charge in [-0.1, -0.05) is 20.8 Å². The lowest BCUT2D eigenvalue weighted by Crippen LogP contribution is -2.45. The summed E-state index contributed by atoms with van der Waals surface area (Å²) in [6, 6.07) is -0.382. The minimum Gasteiger partial charge on any atom is -0.480 e. The summed E-state index contributed by atoms with van der Waals surface area (Å²) >= 11 is 1.72. The zero-order valence-corrected chi connectivity index (χ0v) is 10.1. The highest BCUT2D eigenvalue weighted by Gasteiger charge is 2.40. The van der Waals surface area contributed by atoms with Crippen molar-refractivity contribution in [3.8, 4) is 0 Å². The molecule has 1 saturated heterocycles. The van der Waals surface area contributed by atoms with E-state index in [2.05, 4.69) is 33.0 Å². The fourth-order valence-corrected chi connectivity index (χ4v) is 3.49. The predicted molar refractivity (Wildman–Crippen MR) is 59.5 cm³/mol. The van der Waals surface area contributed by atoms with Crippen molar-refractivity contribution >= 4 is 17.7 Å². The summed E-state index contributed by atoms with van der Waals surface area (Å²) < 4.78 is 0. The van der Waals surface area contributed by atoms with Gasteiger partial charge in [0.25, 0.3) is 0 Å². The number of nitrogens with one attached hydrogen (secondary N) is 1. The molecule has 0 amide bonds. The van der Waals surface area contributed by atoms with Gasteiger partial charge in [-0.15, -0.1) is 11.8 Å². The molecule has 1 aliphatic rings. The van der Waals surface area contributed by atoms with E-state index >= 15 is 0 Å². The third kappa shape index (κ3) is 3.17. The first-order chi connectivity index (χ1) is 6.22. The van der Waals surface area contributed by atoms with E-state index in [1.165, 1.54) is 0 Å². The number of hydrogen-bond donors (Lipinski definition) is 2. The summed E-state index contributed by atoms with van der Waals surface area (Å²) in [4.78, 5) is 10.7. The lowest BCUT2D eigenvalue weighted by atomic mass is 9.88. The maximum absolute atomic E-state index is 10.8. The summed E-state index contributed by atoms with van der Waals surface area (Å²) in [5, 5.41) is 12.1. The first-order valence-electron chi connectivity index (χ1n) is 4.86. The van der Waals surface area contributed by atoms with Gasteiger partial charge in [0.2, 0.25) is 0 Å². The van der Waals surface area contributed by atoms with E-state index in [1.807, 2.05) is 0 Å². The van der Waals surface area contributed by atoms with E-state index in [0.717, 1.165) is 6.42 Å². The number of rotatable bonds is 2. The van der Waals surface area contributed by atoms with E-state index in [4.69, 9.17) is 5.11 Å². The number of carboxylic acid groups (broad SMARTS) is 1. The molecule has 1 heterocycles. The molecule has 2 atom stereocenters. The van der Waals surface area contributed by atoms with Crippen LogP contribution < -0.4 is 5.32 Å². The fraction of sp³-hybridized carbons (Fsp3) is 0.900. The van der Waals surface area contributed by atoms with Crippen molar-refractivity contribution in [2.75, 3.05) is 5.75 Å². The van der Waals surface area contributed by atoms with Crippen molar-refractivity contribution < 1.29 is 9.90 Å². The second kappa shape index (κ2) is 3.74. The zero-order chi connectivity index (χ0) is 11.0. The van der Waals surface area contributed by atoms with E-state index < -0.39 is 5.97 Å². The van der Waals surface area contributed by atoms with Crippen LogP contribution in [0.4, 0.5) is 0 Å². The summed E-state index contributed by atoms with van der Waals surface area (Å²) in [6.07, 6.45) is 0.981. The number of aliphatic carboxylic acids is 1. The molecule has 4 heteroatoms. The van der Waals surface area contributed by atoms with Gasteiger partial charge in [-0.3, -0.25) is 10.1 Å². The van der Waals surface area contributed by atoms with Crippen LogP contribution in [0.3, 0.4) is 0 Å². The average Bonchev–Trinajstić information content (AvgIpc) is 2.27. The largest absolute Gasteiger partial charge is 0.480 e. The average molecular weight is 217 g/mol. The van der Waals surface area contributed by atoms with Crippen molar-refractivity contribution in [1.29, 1.82) is 0 Å². The molecule has 0 aromatic rings. The Bertz CT molecular complexity index is 237. The molecule has 0 saturated carbocycles. The Balaban J connectivity index is 2.58. The Labute approximate surface area is 89.6 Å². The van der Waals surface area contributed by atoms with Crippen LogP contribution in [0.1, 0.15) is 34.1 Å². The Kier molecular flexibility index (Phi) is 3.17. The van der Waals surface area contributed by atoms with Crippen LogP contribution in [-0.2, 0) is 4.79 Å². The fourth-order valence-electron chi connectivity index (χ4n) is 1.97. The van der Waals surface area contributed by atoms with Gasteiger partial charge in [-0.2, -0.15) is 0 Å². The Morgan fingerprint density at radius 3 is 2.57 bits per heavy atom. The number of thioether (sulfide) groups is 1. The van der Waals surface area contributed by atoms with Crippen LogP contribution in [0.2, 0.25) is 0 Å². The normalized spacial score (nSPS) is 33.3. The Morgan fingerprint density at radius 1 is 1.64 bits per heavy atom. The van der Waals surface area contributed by atoms with Crippen LogP contribution in [0.5, 0.6) is 0 Å². The molecule has 2 N–H and O–H groups in total. The third-order valence-electron chi connectivity index (χ3n) is 2.21. The van der Waals surface area contributed by atoms with Gasteiger partial charge < -0.3 is 5.11 Å². The number of hydrogen-bond acceptors (Lipinski definition) is 3. The van der Waals surface area contributed by atoms with Gasteiger partial charge in [-0.05, 0) is 18.8 Å². The lowest BCUT2D eigenvalue weighted by Gasteiger charge is -2.31. The van der Waals surface area contributed by atoms with E-state index in [9.17, 15) is 4.79 Å².